The summed E-state index contributed by atoms with van der Waals surface area (Å²) in [4.78, 5) is 12.0. The summed E-state index contributed by atoms with van der Waals surface area (Å²) in [6.07, 6.45) is 5.25. The van der Waals surface area contributed by atoms with E-state index in [1.54, 1.807) is 0 Å². The quantitative estimate of drug-likeness (QED) is 0.752. The maximum Gasteiger partial charge on any atom is 0.326 e. The molecule has 1 saturated heterocycles. The molecule has 3 heteroatoms. The Morgan fingerprint density at radius 1 is 1.41 bits per heavy atom. The van der Waals surface area contributed by atoms with Crippen molar-refractivity contribution in [3.63, 3.8) is 0 Å². The van der Waals surface area contributed by atoms with Crippen molar-refractivity contribution in [1.82, 2.24) is 5.32 Å². The SMILES string of the molecule is CC(C)C[C@H]1COC(=O)C2(CCC(C)CC2)N1. The molecular formula is C14H25NO2. The van der Waals surface area contributed by atoms with E-state index in [-0.39, 0.29) is 11.5 Å². The molecule has 1 heterocycles. The average Bonchev–Trinajstić information content (AvgIpc) is 2.27. The molecular weight excluding hydrogens is 214 g/mol. The van der Waals surface area contributed by atoms with Gasteiger partial charge in [-0.1, -0.05) is 20.8 Å². The number of morpholine rings is 1. The summed E-state index contributed by atoms with van der Waals surface area (Å²) in [7, 11) is 0. The number of hydrogen-bond donors (Lipinski definition) is 1. The van der Waals surface area contributed by atoms with Gasteiger partial charge in [0, 0.05) is 6.04 Å². The Morgan fingerprint density at radius 2 is 2.06 bits per heavy atom. The van der Waals surface area contributed by atoms with E-state index >= 15 is 0 Å². The number of esters is 1. The summed E-state index contributed by atoms with van der Waals surface area (Å²) in [5.41, 5.74) is -0.357. The maximum atomic E-state index is 12.0. The van der Waals surface area contributed by atoms with Gasteiger partial charge in [-0.25, -0.2) is 0 Å². The van der Waals surface area contributed by atoms with Gasteiger partial charge in [0.15, 0.2) is 0 Å². The number of carbonyl (C=O) groups excluding carboxylic acids is 1. The minimum absolute atomic E-state index is 0.00981. The summed E-state index contributed by atoms with van der Waals surface area (Å²) >= 11 is 0. The van der Waals surface area contributed by atoms with Crippen molar-refractivity contribution in [3.8, 4) is 0 Å². The molecule has 2 rings (SSSR count). The van der Waals surface area contributed by atoms with E-state index in [9.17, 15) is 4.79 Å². The van der Waals surface area contributed by atoms with E-state index in [2.05, 4.69) is 26.1 Å². The fourth-order valence-corrected chi connectivity index (χ4v) is 3.11. The lowest BCUT2D eigenvalue weighted by molar-refractivity contribution is -0.161. The van der Waals surface area contributed by atoms with Crippen molar-refractivity contribution in [1.29, 1.82) is 0 Å². The molecule has 0 bridgehead atoms. The van der Waals surface area contributed by atoms with Crippen molar-refractivity contribution in [2.24, 2.45) is 11.8 Å². The summed E-state index contributed by atoms with van der Waals surface area (Å²) in [6.45, 7) is 7.25. The van der Waals surface area contributed by atoms with Gasteiger partial charge in [-0.05, 0) is 43.9 Å². The van der Waals surface area contributed by atoms with Gasteiger partial charge in [0.2, 0.25) is 0 Å². The first-order chi connectivity index (χ1) is 8.02. The highest BCUT2D eigenvalue weighted by molar-refractivity contribution is 5.81. The fraction of sp³-hybridized carbons (Fsp3) is 0.929. The molecule has 2 fully saturated rings. The van der Waals surface area contributed by atoms with Gasteiger partial charge < -0.3 is 4.74 Å². The molecule has 1 atom stereocenters. The first-order valence-corrected chi connectivity index (χ1v) is 6.97. The Labute approximate surface area is 104 Å². The zero-order valence-electron chi connectivity index (χ0n) is 11.3. The monoisotopic (exact) mass is 239 g/mol. The second kappa shape index (κ2) is 4.97. The van der Waals surface area contributed by atoms with Crippen molar-refractivity contribution < 1.29 is 9.53 Å². The van der Waals surface area contributed by atoms with Crippen LogP contribution in [0.1, 0.15) is 52.9 Å². The van der Waals surface area contributed by atoms with Crippen molar-refractivity contribution in [2.75, 3.05) is 6.61 Å². The third-order valence-electron chi connectivity index (χ3n) is 4.17. The largest absolute Gasteiger partial charge is 0.463 e. The number of hydrogen-bond acceptors (Lipinski definition) is 3. The summed E-state index contributed by atoms with van der Waals surface area (Å²) in [6, 6.07) is 0.348. The molecule has 17 heavy (non-hydrogen) atoms. The highest BCUT2D eigenvalue weighted by atomic mass is 16.5. The van der Waals surface area contributed by atoms with Crippen LogP contribution in [-0.4, -0.2) is 24.2 Å². The van der Waals surface area contributed by atoms with Gasteiger partial charge in [0.05, 0.1) is 0 Å². The van der Waals surface area contributed by atoms with Crippen molar-refractivity contribution in [2.45, 2.75) is 64.5 Å². The number of carbonyl (C=O) groups is 1. The van der Waals surface area contributed by atoms with Crippen molar-refractivity contribution in [3.05, 3.63) is 0 Å². The first kappa shape index (κ1) is 12.9. The van der Waals surface area contributed by atoms with E-state index in [1.807, 2.05) is 0 Å². The molecule has 1 spiro atoms. The Balaban J connectivity index is 2.01. The molecule has 0 aromatic carbocycles. The number of nitrogens with one attached hydrogen (secondary N) is 1. The lowest BCUT2D eigenvalue weighted by Crippen LogP contribution is -2.63. The fourth-order valence-electron chi connectivity index (χ4n) is 3.11. The smallest absolute Gasteiger partial charge is 0.326 e. The molecule has 98 valence electrons. The molecule has 1 saturated carbocycles. The maximum absolute atomic E-state index is 12.0. The molecule has 1 N–H and O–H groups in total. The summed E-state index contributed by atoms with van der Waals surface area (Å²) < 4.78 is 5.42. The standard InChI is InChI=1S/C14H25NO2/c1-10(2)8-12-9-17-13(16)14(15-12)6-4-11(3)5-7-14/h10-12,15H,4-9H2,1-3H3/t11?,12-,14?/m0/s1. The minimum atomic E-state index is -0.357. The first-order valence-electron chi connectivity index (χ1n) is 6.97. The van der Waals surface area contributed by atoms with Crippen LogP contribution in [0.15, 0.2) is 0 Å². The Kier molecular flexibility index (Phi) is 3.76. The van der Waals surface area contributed by atoms with Gasteiger partial charge >= 0.3 is 5.97 Å². The van der Waals surface area contributed by atoms with E-state index in [0.717, 1.165) is 38.0 Å². The predicted octanol–water partition coefficient (Wildman–Crippen LogP) is 2.50. The highest BCUT2D eigenvalue weighted by Gasteiger charge is 2.46. The zero-order valence-corrected chi connectivity index (χ0v) is 11.3. The van der Waals surface area contributed by atoms with E-state index in [4.69, 9.17) is 4.74 Å². The normalized spacial score (nSPS) is 38.5. The number of ether oxygens (including phenoxy) is 1. The van der Waals surface area contributed by atoms with Crippen LogP contribution in [0.25, 0.3) is 0 Å². The molecule has 0 aromatic rings. The third kappa shape index (κ3) is 2.82. The van der Waals surface area contributed by atoms with Crippen LogP contribution >= 0.6 is 0 Å². The van der Waals surface area contributed by atoms with E-state index in [1.165, 1.54) is 0 Å². The van der Waals surface area contributed by atoms with Crippen LogP contribution < -0.4 is 5.32 Å². The average molecular weight is 239 g/mol. The van der Waals surface area contributed by atoms with E-state index in [0.29, 0.717) is 18.6 Å². The Bertz CT molecular complexity index is 280. The molecule has 1 aliphatic carbocycles. The lowest BCUT2D eigenvalue weighted by Gasteiger charge is -2.44. The van der Waals surface area contributed by atoms with Crippen LogP contribution in [-0.2, 0) is 9.53 Å². The molecule has 0 unspecified atom stereocenters. The summed E-state index contributed by atoms with van der Waals surface area (Å²) in [5, 5.41) is 3.60. The Hall–Kier alpha value is -0.570. The molecule has 2 aliphatic rings. The molecule has 0 aromatic heterocycles. The van der Waals surface area contributed by atoms with Crippen LogP contribution in [0.4, 0.5) is 0 Å². The predicted molar refractivity (Wildman–Crippen MR) is 67.7 cm³/mol. The van der Waals surface area contributed by atoms with Crippen LogP contribution in [0, 0.1) is 11.8 Å². The number of rotatable bonds is 2. The highest BCUT2D eigenvalue weighted by Crippen LogP contribution is 2.35. The van der Waals surface area contributed by atoms with Gasteiger partial charge in [-0.2, -0.15) is 0 Å². The Morgan fingerprint density at radius 3 is 2.65 bits per heavy atom. The second-order valence-electron chi connectivity index (χ2n) is 6.33. The van der Waals surface area contributed by atoms with Gasteiger partial charge in [0.1, 0.15) is 12.1 Å². The third-order valence-corrected chi connectivity index (χ3v) is 4.17. The van der Waals surface area contributed by atoms with Crippen LogP contribution in [0.3, 0.4) is 0 Å². The van der Waals surface area contributed by atoms with Gasteiger partial charge in [0.25, 0.3) is 0 Å². The van der Waals surface area contributed by atoms with Crippen LogP contribution in [0.5, 0.6) is 0 Å². The zero-order chi connectivity index (χ0) is 12.5. The van der Waals surface area contributed by atoms with Crippen molar-refractivity contribution >= 4 is 5.97 Å². The molecule has 3 nitrogen and oxygen atoms in total. The lowest BCUT2D eigenvalue weighted by atomic mass is 9.76. The topological polar surface area (TPSA) is 38.3 Å². The summed E-state index contributed by atoms with van der Waals surface area (Å²) in [5.74, 6) is 1.38. The number of cyclic esters (lactones) is 1. The minimum Gasteiger partial charge on any atom is -0.463 e. The second-order valence-corrected chi connectivity index (χ2v) is 6.33. The molecule has 0 radical (unpaired) electrons. The van der Waals surface area contributed by atoms with E-state index < -0.39 is 0 Å². The van der Waals surface area contributed by atoms with Gasteiger partial charge in [-0.3, -0.25) is 10.1 Å². The molecule has 1 aliphatic heterocycles. The molecule has 0 amide bonds. The van der Waals surface area contributed by atoms with Gasteiger partial charge in [-0.15, -0.1) is 0 Å². The van der Waals surface area contributed by atoms with Crippen LogP contribution in [0.2, 0.25) is 0 Å².